The molecule has 0 bridgehead atoms. The Morgan fingerprint density at radius 3 is 2.31 bits per heavy atom. The number of H-pyrrole nitrogens is 1. The van der Waals surface area contributed by atoms with Gasteiger partial charge in [-0.2, -0.15) is 13.2 Å². The van der Waals surface area contributed by atoms with E-state index in [-0.39, 0.29) is 6.07 Å². The summed E-state index contributed by atoms with van der Waals surface area (Å²) in [6, 6.07) is 0.158. The molecule has 0 aliphatic rings. The molecule has 0 atom stereocenters. The Kier molecular flexibility index (Phi) is 3.20. The number of aromatic amines is 1. The van der Waals surface area contributed by atoms with Gasteiger partial charge in [0.2, 0.25) is 0 Å². The maximum absolute atomic E-state index is 12.4. The highest BCUT2D eigenvalue weighted by Gasteiger charge is 2.36. The van der Waals surface area contributed by atoms with Gasteiger partial charge in [-0.05, 0) is 6.07 Å². The van der Waals surface area contributed by atoms with Crippen LogP contribution in [0.2, 0.25) is 0 Å². The van der Waals surface area contributed by atoms with Crippen molar-refractivity contribution in [3.8, 4) is 5.75 Å². The van der Waals surface area contributed by atoms with E-state index in [2.05, 4.69) is 4.74 Å². The number of hydrogen-bond donors (Lipinski definition) is 1. The van der Waals surface area contributed by atoms with Gasteiger partial charge >= 0.3 is 6.18 Å². The zero-order chi connectivity index (χ0) is 12.5. The molecular formula is C8H6F5NO2. The SMILES string of the molecule is COc1c(C(F)(F)F)cc(C(F)F)[nH]c1=O. The third-order valence-corrected chi connectivity index (χ3v) is 1.75. The molecule has 0 aliphatic carbocycles. The van der Waals surface area contributed by atoms with Gasteiger partial charge < -0.3 is 9.72 Å². The highest BCUT2D eigenvalue weighted by atomic mass is 19.4. The van der Waals surface area contributed by atoms with E-state index in [0.717, 1.165) is 7.11 Å². The highest BCUT2D eigenvalue weighted by Crippen LogP contribution is 2.35. The fourth-order valence-corrected chi connectivity index (χ4v) is 1.10. The second-order valence-electron chi connectivity index (χ2n) is 2.80. The molecule has 0 aromatic carbocycles. The minimum Gasteiger partial charge on any atom is -0.491 e. The summed E-state index contributed by atoms with van der Waals surface area (Å²) in [5, 5.41) is 0. The molecule has 1 N–H and O–H groups in total. The molecule has 16 heavy (non-hydrogen) atoms. The average Bonchev–Trinajstić information content (AvgIpc) is 2.14. The number of ether oxygens (including phenoxy) is 1. The van der Waals surface area contributed by atoms with Crippen molar-refractivity contribution in [3.05, 3.63) is 27.7 Å². The van der Waals surface area contributed by atoms with Gasteiger partial charge in [-0.15, -0.1) is 0 Å². The normalized spacial score (nSPS) is 11.9. The lowest BCUT2D eigenvalue weighted by molar-refractivity contribution is -0.139. The summed E-state index contributed by atoms with van der Waals surface area (Å²) in [5.74, 6) is -1.03. The number of methoxy groups -OCH3 is 1. The summed E-state index contributed by atoms with van der Waals surface area (Å²) in [6.07, 6.45) is -8.12. The fraction of sp³-hybridized carbons (Fsp3) is 0.375. The number of aromatic nitrogens is 1. The predicted molar refractivity (Wildman–Crippen MR) is 43.6 cm³/mol. The third kappa shape index (κ3) is 2.31. The van der Waals surface area contributed by atoms with E-state index in [1.807, 2.05) is 0 Å². The first-order chi connectivity index (χ1) is 7.27. The Morgan fingerprint density at radius 1 is 1.38 bits per heavy atom. The van der Waals surface area contributed by atoms with Crippen LogP contribution in [0.3, 0.4) is 0 Å². The van der Waals surface area contributed by atoms with Crippen LogP contribution in [-0.2, 0) is 6.18 Å². The minimum absolute atomic E-state index is 0.158. The molecule has 0 fully saturated rings. The van der Waals surface area contributed by atoms with E-state index in [9.17, 15) is 26.7 Å². The predicted octanol–water partition coefficient (Wildman–Crippen LogP) is 2.34. The summed E-state index contributed by atoms with van der Waals surface area (Å²) in [4.78, 5) is 12.6. The molecule has 1 aromatic rings. The number of halogens is 5. The second-order valence-corrected chi connectivity index (χ2v) is 2.80. The quantitative estimate of drug-likeness (QED) is 0.810. The van der Waals surface area contributed by atoms with Crippen LogP contribution in [0.15, 0.2) is 10.9 Å². The summed E-state index contributed by atoms with van der Waals surface area (Å²) in [5.41, 5.74) is -3.96. The Hall–Kier alpha value is -1.60. The molecule has 8 heteroatoms. The summed E-state index contributed by atoms with van der Waals surface area (Å²) < 4.78 is 65.7. The molecule has 1 heterocycles. The zero-order valence-corrected chi connectivity index (χ0v) is 7.86. The van der Waals surface area contributed by atoms with E-state index in [4.69, 9.17) is 0 Å². The minimum atomic E-state index is -4.93. The topological polar surface area (TPSA) is 42.1 Å². The Labute approximate surface area is 85.8 Å². The number of nitrogens with one attached hydrogen (secondary N) is 1. The zero-order valence-electron chi connectivity index (χ0n) is 7.86. The number of alkyl halides is 5. The Balaban J connectivity index is 3.50. The molecule has 0 saturated carbocycles. The summed E-state index contributed by atoms with van der Waals surface area (Å²) in [6.45, 7) is 0. The van der Waals surface area contributed by atoms with E-state index in [1.165, 1.54) is 0 Å². The Bertz CT molecular complexity index is 437. The standard InChI is InChI=1S/C8H6F5NO2/c1-16-5-3(8(11,12)13)2-4(6(9)10)14-7(5)15/h2,6H,1H3,(H,14,15). The highest BCUT2D eigenvalue weighted by molar-refractivity contribution is 5.35. The van der Waals surface area contributed by atoms with Crippen LogP contribution >= 0.6 is 0 Å². The fourth-order valence-electron chi connectivity index (χ4n) is 1.10. The van der Waals surface area contributed by atoms with E-state index < -0.39 is 35.2 Å². The molecule has 0 saturated heterocycles. The molecule has 0 radical (unpaired) electrons. The molecule has 1 aromatic heterocycles. The summed E-state index contributed by atoms with van der Waals surface area (Å²) >= 11 is 0. The first-order valence-electron chi connectivity index (χ1n) is 3.94. The van der Waals surface area contributed by atoms with Crippen LogP contribution < -0.4 is 10.3 Å². The maximum atomic E-state index is 12.4. The lowest BCUT2D eigenvalue weighted by atomic mass is 10.2. The number of pyridine rings is 1. The lowest BCUT2D eigenvalue weighted by Crippen LogP contribution is -2.19. The van der Waals surface area contributed by atoms with Crippen LogP contribution in [0.5, 0.6) is 5.75 Å². The van der Waals surface area contributed by atoms with E-state index in [0.29, 0.717) is 0 Å². The molecule has 0 spiro atoms. The van der Waals surface area contributed by atoms with Gasteiger partial charge in [0.15, 0.2) is 5.75 Å². The molecule has 1 rings (SSSR count). The van der Waals surface area contributed by atoms with Crippen molar-refractivity contribution in [2.45, 2.75) is 12.6 Å². The van der Waals surface area contributed by atoms with Gasteiger partial charge in [-0.3, -0.25) is 4.79 Å². The van der Waals surface area contributed by atoms with Crippen LogP contribution in [0.1, 0.15) is 17.7 Å². The molecule has 0 aliphatic heterocycles. The van der Waals surface area contributed by atoms with Gasteiger partial charge in [-0.25, -0.2) is 8.78 Å². The molecule has 0 amide bonds. The Morgan fingerprint density at radius 2 is 1.94 bits per heavy atom. The van der Waals surface area contributed by atoms with Crippen molar-refractivity contribution in [2.24, 2.45) is 0 Å². The van der Waals surface area contributed by atoms with Crippen LogP contribution in [-0.4, -0.2) is 12.1 Å². The van der Waals surface area contributed by atoms with Gasteiger partial charge in [0, 0.05) is 0 Å². The van der Waals surface area contributed by atoms with Gasteiger partial charge in [-0.1, -0.05) is 0 Å². The molecule has 90 valence electrons. The average molecular weight is 243 g/mol. The van der Waals surface area contributed by atoms with Gasteiger partial charge in [0.25, 0.3) is 12.0 Å². The van der Waals surface area contributed by atoms with Crippen molar-refractivity contribution in [2.75, 3.05) is 7.11 Å². The first-order valence-corrected chi connectivity index (χ1v) is 3.94. The lowest BCUT2D eigenvalue weighted by Gasteiger charge is -2.12. The van der Waals surface area contributed by atoms with Crippen LogP contribution in [0.25, 0.3) is 0 Å². The van der Waals surface area contributed by atoms with Crippen molar-refractivity contribution in [3.63, 3.8) is 0 Å². The van der Waals surface area contributed by atoms with Crippen LogP contribution in [0.4, 0.5) is 22.0 Å². The largest absolute Gasteiger partial charge is 0.491 e. The molecular weight excluding hydrogens is 237 g/mol. The van der Waals surface area contributed by atoms with Crippen molar-refractivity contribution in [1.82, 2.24) is 4.98 Å². The molecule has 0 unspecified atom stereocenters. The van der Waals surface area contributed by atoms with Crippen molar-refractivity contribution in [1.29, 1.82) is 0 Å². The van der Waals surface area contributed by atoms with Gasteiger partial charge in [0.1, 0.15) is 5.56 Å². The third-order valence-electron chi connectivity index (χ3n) is 1.75. The second kappa shape index (κ2) is 4.11. The van der Waals surface area contributed by atoms with E-state index in [1.54, 1.807) is 4.98 Å². The first kappa shape index (κ1) is 12.5. The van der Waals surface area contributed by atoms with E-state index >= 15 is 0 Å². The van der Waals surface area contributed by atoms with Gasteiger partial charge in [0.05, 0.1) is 12.8 Å². The number of rotatable bonds is 2. The number of hydrogen-bond acceptors (Lipinski definition) is 2. The maximum Gasteiger partial charge on any atom is 0.420 e. The monoisotopic (exact) mass is 243 g/mol. The van der Waals surface area contributed by atoms with Crippen molar-refractivity contribution >= 4 is 0 Å². The van der Waals surface area contributed by atoms with Crippen molar-refractivity contribution < 1.29 is 26.7 Å². The smallest absolute Gasteiger partial charge is 0.420 e. The summed E-state index contributed by atoms with van der Waals surface area (Å²) in [7, 11) is 0.849. The molecule has 3 nitrogen and oxygen atoms in total. The van der Waals surface area contributed by atoms with Crippen LogP contribution in [0, 0.1) is 0 Å².